The minimum Gasteiger partial charge on any atom is -0.312 e. The largest absolute Gasteiger partial charge is 0.312 e. The lowest BCUT2D eigenvalue weighted by molar-refractivity contribution is 0.980. The summed E-state index contributed by atoms with van der Waals surface area (Å²) in [6.07, 6.45) is 8.83. The fraction of sp³-hybridized carbons (Fsp3) is 0.0435. The van der Waals surface area contributed by atoms with Crippen LogP contribution in [0.15, 0.2) is 176 Å². The molecule has 0 spiro atoms. The van der Waals surface area contributed by atoms with Crippen molar-refractivity contribution in [3.8, 4) is 5.69 Å². The fourth-order valence-corrected chi connectivity index (χ4v) is 7.96. The first-order chi connectivity index (χ1) is 24.3. The topological polar surface area (TPSA) is 13.1 Å². The van der Waals surface area contributed by atoms with Crippen molar-refractivity contribution >= 4 is 77.1 Å². The van der Waals surface area contributed by atoms with Crippen molar-refractivity contribution in [2.24, 2.45) is 0 Å². The molecule has 0 aliphatic heterocycles. The summed E-state index contributed by atoms with van der Waals surface area (Å²) < 4.78 is 4.96. The van der Waals surface area contributed by atoms with Crippen molar-refractivity contribution in [2.45, 2.75) is 12.8 Å². The van der Waals surface area contributed by atoms with Crippen molar-refractivity contribution in [3.63, 3.8) is 0 Å². The van der Waals surface area contributed by atoms with Gasteiger partial charge in [-0.25, -0.2) is 0 Å². The Kier molecular flexibility index (Phi) is 6.31. The first kappa shape index (κ1) is 27.8. The van der Waals surface area contributed by atoms with Crippen LogP contribution in [0.25, 0.3) is 65.8 Å². The van der Waals surface area contributed by atoms with Gasteiger partial charge in [-0.3, -0.25) is 0 Å². The molecule has 3 nitrogen and oxygen atoms in total. The highest BCUT2D eigenvalue weighted by molar-refractivity contribution is 6.23. The molecule has 0 saturated heterocycles. The Labute approximate surface area is 284 Å². The molecule has 1 aliphatic rings. The highest BCUT2D eigenvalue weighted by Gasteiger charge is 2.21. The molecule has 1 aliphatic carbocycles. The smallest absolute Gasteiger partial charge is 0.0617 e. The van der Waals surface area contributed by atoms with Gasteiger partial charge in [0.05, 0.1) is 22.1 Å². The Bertz CT molecular complexity index is 2710. The quantitative estimate of drug-likeness (QED) is 0.185. The predicted octanol–water partition coefficient (Wildman–Crippen LogP) is 12.7. The van der Waals surface area contributed by atoms with Gasteiger partial charge in [0.1, 0.15) is 0 Å². The molecule has 0 atom stereocenters. The molecule has 2 heterocycles. The fourth-order valence-electron chi connectivity index (χ4n) is 7.96. The molecule has 49 heavy (non-hydrogen) atoms. The van der Waals surface area contributed by atoms with Gasteiger partial charge >= 0.3 is 0 Å². The van der Waals surface area contributed by atoms with Crippen LogP contribution < -0.4 is 4.90 Å². The molecule has 7 aromatic carbocycles. The third kappa shape index (κ3) is 4.36. The Hall–Kier alpha value is -6.32. The molecular weight excluding hydrogens is 595 g/mol. The Morgan fingerprint density at radius 3 is 1.86 bits per heavy atom. The van der Waals surface area contributed by atoms with Crippen molar-refractivity contribution in [1.29, 1.82) is 0 Å². The van der Waals surface area contributed by atoms with E-state index in [4.69, 9.17) is 0 Å². The molecule has 3 heteroatoms. The highest BCUT2D eigenvalue weighted by Crippen LogP contribution is 2.44. The molecular formula is C46H33N3. The third-order valence-corrected chi connectivity index (χ3v) is 10.1. The zero-order valence-corrected chi connectivity index (χ0v) is 27.0. The number of aromatic nitrogens is 2. The lowest BCUT2D eigenvalue weighted by Crippen LogP contribution is -2.09. The van der Waals surface area contributed by atoms with Crippen LogP contribution in [0, 0.1) is 0 Å². The molecule has 0 N–H and O–H groups in total. The van der Waals surface area contributed by atoms with Gasteiger partial charge in [0.2, 0.25) is 0 Å². The normalized spacial score (nSPS) is 13.2. The van der Waals surface area contributed by atoms with E-state index in [1.807, 2.05) is 0 Å². The van der Waals surface area contributed by atoms with E-state index in [-0.39, 0.29) is 0 Å². The minimum atomic E-state index is 1.00. The summed E-state index contributed by atoms with van der Waals surface area (Å²) in [5.41, 5.74) is 10.9. The van der Waals surface area contributed by atoms with E-state index >= 15 is 0 Å². The van der Waals surface area contributed by atoms with E-state index in [1.165, 1.54) is 65.8 Å². The van der Waals surface area contributed by atoms with E-state index in [2.05, 4.69) is 190 Å². The number of anilines is 3. The molecule has 0 bridgehead atoms. The lowest BCUT2D eigenvalue weighted by Gasteiger charge is -2.25. The average Bonchev–Trinajstić information content (AvgIpc) is 3.68. The van der Waals surface area contributed by atoms with E-state index in [9.17, 15) is 0 Å². The van der Waals surface area contributed by atoms with Crippen molar-refractivity contribution < 1.29 is 0 Å². The van der Waals surface area contributed by atoms with Gasteiger partial charge in [-0.15, -0.1) is 0 Å². The van der Waals surface area contributed by atoms with E-state index < -0.39 is 0 Å². The molecule has 0 amide bonds. The number of hydrogen-bond acceptors (Lipinski definition) is 1. The van der Waals surface area contributed by atoms with E-state index in [0.29, 0.717) is 0 Å². The highest BCUT2D eigenvalue weighted by atomic mass is 15.1. The predicted molar refractivity (Wildman–Crippen MR) is 209 cm³/mol. The van der Waals surface area contributed by atoms with Crippen LogP contribution in [-0.4, -0.2) is 9.13 Å². The number of fused-ring (bicyclic) bond motifs is 8. The maximum atomic E-state index is 2.54. The molecule has 0 fully saturated rings. The second-order valence-corrected chi connectivity index (χ2v) is 12.9. The van der Waals surface area contributed by atoms with Crippen LogP contribution in [0.4, 0.5) is 17.1 Å². The van der Waals surface area contributed by atoms with Gasteiger partial charge in [-0.1, -0.05) is 97.1 Å². The number of allylic oxidation sites excluding steroid dienone is 4. The average molecular weight is 628 g/mol. The second-order valence-electron chi connectivity index (χ2n) is 12.9. The first-order valence-corrected chi connectivity index (χ1v) is 17.1. The molecule has 0 radical (unpaired) electrons. The van der Waals surface area contributed by atoms with Gasteiger partial charge in [-0.05, 0) is 97.1 Å². The van der Waals surface area contributed by atoms with Gasteiger partial charge < -0.3 is 14.0 Å². The van der Waals surface area contributed by atoms with E-state index in [1.54, 1.807) is 0 Å². The van der Waals surface area contributed by atoms with Gasteiger partial charge in [0.25, 0.3) is 0 Å². The summed E-state index contributed by atoms with van der Waals surface area (Å²) in [6.45, 7) is 0. The van der Waals surface area contributed by atoms with E-state index in [0.717, 1.165) is 29.9 Å². The number of para-hydroxylation sites is 4. The minimum absolute atomic E-state index is 1.00. The van der Waals surface area contributed by atoms with Crippen LogP contribution in [0.2, 0.25) is 0 Å². The van der Waals surface area contributed by atoms with Crippen LogP contribution >= 0.6 is 0 Å². The number of benzene rings is 7. The summed E-state index contributed by atoms with van der Waals surface area (Å²) >= 11 is 0. The van der Waals surface area contributed by atoms with Crippen LogP contribution in [0.3, 0.4) is 0 Å². The molecule has 2 aromatic heterocycles. The first-order valence-electron chi connectivity index (χ1n) is 17.1. The number of nitrogens with zero attached hydrogens (tertiary/aromatic N) is 3. The summed E-state index contributed by atoms with van der Waals surface area (Å²) in [5, 5.41) is 7.59. The molecule has 0 saturated carbocycles. The zero-order chi connectivity index (χ0) is 32.3. The Morgan fingerprint density at radius 2 is 1.12 bits per heavy atom. The summed E-state index contributed by atoms with van der Waals surface area (Å²) in [7, 11) is 0. The maximum Gasteiger partial charge on any atom is 0.0617 e. The van der Waals surface area contributed by atoms with Crippen LogP contribution in [0.5, 0.6) is 0 Å². The maximum absolute atomic E-state index is 2.54. The Morgan fingerprint density at radius 1 is 0.449 bits per heavy atom. The van der Waals surface area contributed by atoms with Gasteiger partial charge in [0.15, 0.2) is 0 Å². The summed E-state index contributed by atoms with van der Waals surface area (Å²) in [4.78, 5) is 2.36. The Balaban J connectivity index is 1.30. The van der Waals surface area contributed by atoms with Crippen molar-refractivity contribution in [3.05, 3.63) is 176 Å². The summed E-state index contributed by atoms with van der Waals surface area (Å²) in [5.74, 6) is 0. The molecule has 0 unspecified atom stereocenters. The van der Waals surface area contributed by atoms with Gasteiger partial charge in [0, 0.05) is 55.4 Å². The van der Waals surface area contributed by atoms with Crippen molar-refractivity contribution in [2.75, 3.05) is 4.90 Å². The zero-order valence-electron chi connectivity index (χ0n) is 27.0. The number of rotatable bonds is 5. The van der Waals surface area contributed by atoms with Crippen LogP contribution in [0.1, 0.15) is 12.8 Å². The van der Waals surface area contributed by atoms with Gasteiger partial charge in [-0.2, -0.15) is 0 Å². The molecule has 9 aromatic rings. The third-order valence-electron chi connectivity index (χ3n) is 10.1. The SMILES string of the molecule is C1=CCCC(n2c3ccc(N(c4ccccc4)c4ccccc4)cc3c3ccc4cc5c6ccccc6n(-c6ccccc6)c5cc4c32)=C1. The van der Waals surface area contributed by atoms with Crippen molar-refractivity contribution in [1.82, 2.24) is 9.13 Å². The monoisotopic (exact) mass is 627 g/mol. The lowest BCUT2D eigenvalue weighted by atomic mass is 10.0. The van der Waals surface area contributed by atoms with Crippen LogP contribution in [-0.2, 0) is 0 Å². The summed E-state index contributed by atoms with van der Waals surface area (Å²) in [6, 6.07) is 57.4. The second kappa shape index (κ2) is 11.1. The molecule has 10 rings (SSSR count). The standard InChI is InChI=1S/C46H33N3/c1-5-15-33(16-6-1)47(34-17-7-2-8-18-34)37-26-28-44-42(30-37)39-27-25-32-29-41-38-23-13-14-24-43(38)48(35-19-9-3-10-20-35)45(41)31-40(32)46(39)49(44)36-21-11-4-12-22-36/h1-11,13-21,23-31H,12,22H2. The number of hydrogen-bond donors (Lipinski definition) is 0. The molecule has 232 valence electrons.